The van der Waals surface area contributed by atoms with Crippen LogP contribution in [0, 0.1) is 0 Å². The maximum absolute atomic E-state index is 11.3. The zero-order valence-corrected chi connectivity index (χ0v) is 9.91. The largest absolute Gasteiger partial charge is 0.465 e. The highest BCUT2D eigenvalue weighted by molar-refractivity contribution is 6.29. The number of carbonyl (C=O) groups is 1. The maximum Gasteiger partial charge on any atom is 0.324 e. The molecule has 0 saturated carbocycles. The number of halogens is 1. The van der Waals surface area contributed by atoms with Crippen LogP contribution in [0.3, 0.4) is 0 Å². The van der Waals surface area contributed by atoms with Crippen molar-refractivity contribution in [2.45, 2.75) is 44.4 Å². The average Bonchev–Trinajstić information content (AvgIpc) is 2.57. The molecular formula is C10H17ClO4. The second-order valence-electron chi connectivity index (χ2n) is 3.71. The average molecular weight is 239 g/mol. The lowest BCUT2D eigenvalue weighted by Crippen LogP contribution is -2.26. The molecule has 1 saturated heterocycles. The Morgan fingerprint density at radius 1 is 1.80 bits per heavy atom. The van der Waals surface area contributed by atoms with Gasteiger partial charge in [-0.05, 0) is 20.8 Å². The van der Waals surface area contributed by atoms with Crippen molar-refractivity contribution in [3.63, 3.8) is 0 Å². The van der Waals surface area contributed by atoms with Crippen LogP contribution in [-0.2, 0) is 19.0 Å². The van der Waals surface area contributed by atoms with Crippen molar-refractivity contribution in [2.75, 3.05) is 13.2 Å². The minimum absolute atomic E-state index is 0.252. The second-order valence-corrected chi connectivity index (χ2v) is 4.18. The first-order chi connectivity index (χ1) is 7.37. The summed E-state index contributed by atoms with van der Waals surface area (Å²) in [5.41, 5.74) is 0. The van der Waals surface area contributed by atoms with Gasteiger partial charge in [-0.25, -0.2) is 0 Å². The van der Waals surface area contributed by atoms with E-state index in [4.69, 9.17) is 27.2 Å². The van der Waals surface area contributed by atoms with E-state index in [0.29, 0.717) is 0 Å². The van der Waals surface area contributed by atoms with Crippen molar-refractivity contribution in [1.29, 1.82) is 0 Å². The third kappa shape index (κ3) is 3.97. The molecule has 1 aliphatic heterocycles. The van der Waals surface area contributed by atoms with Crippen molar-refractivity contribution < 1.29 is 20.4 Å². The zero-order chi connectivity index (χ0) is 12.3. The number of hydrogen-bond donors (Lipinski definition) is 0. The number of carbonyl (C=O) groups excluding carboxylic acids is 1. The third-order valence-electron chi connectivity index (χ3n) is 1.93. The number of alkyl halides is 1. The maximum atomic E-state index is 11.3. The van der Waals surface area contributed by atoms with Crippen LogP contribution in [0.1, 0.15) is 28.5 Å². The highest BCUT2D eigenvalue weighted by atomic mass is 35.5. The van der Waals surface area contributed by atoms with Crippen molar-refractivity contribution in [1.82, 2.24) is 0 Å². The Bertz CT molecular complexity index is 259. The van der Waals surface area contributed by atoms with Crippen LogP contribution in [0.15, 0.2) is 0 Å². The van der Waals surface area contributed by atoms with Gasteiger partial charge in [-0.15, -0.1) is 11.6 Å². The summed E-state index contributed by atoms with van der Waals surface area (Å²) in [5, 5.41) is -1.03. The van der Waals surface area contributed by atoms with Crippen molar-refractivity contribution >= 4 is 17.6 Å². The Kier molecular flexibility index (Phi) is 3.83. The highest BCUT2D eigenvalue weighted by Crippen LogP contribution is 2.26. The van der Waals surface area contributed by atoms with Gasteiger partial charge in [0, 0.05) is 7.77 Å². The van der Waals surface area contributed by atoms with E-state index in [1.165, 1.54) is 0 Å². The Labute approximate surface area is 96.2 Å². The van der Waals surface area contributed by atoms with E-state index in [9.17, 15) is 4.79 Å². The van der Waals surface area contributed by atoms with Gasteiger partial charge in [0.15, 0.2) is 5.79 Å². The van der Waals surface area contributed by atoms with E-state index in [2.05, 4.69) is 0 Å². The van der Waals surface area contributed by atoms with Crippen molar-refractivity contribution in [3.8, 4) is 0 Å². The molecule has 1 unspecified atom stereocenters. The molecule has 15 heavy (non-hydrogen) atoms. The van der Waals surface area contributed by atoms with Crippen LogP contribution in [0.5, 0.6) is 0 Å². The van der Waals surface area contributed by atoms with Gasteiger partial charge in [-0.2, -0.15) is 0 Å². The summed E-state index contributed by atoms with van der Waals surface area (Å²) in [6.07, 6.45) is -1.38. The normalized spacial score (nSPS) is 29.3. The molecule has 0 aromatic carbocycles. The summed E-state index contributed by atoms with van der Waals surface area (Å²) in [6.45, 7) is 5.73. The van der Waals surface area contributed by atoms with Gasteiger partial charge in [-0.1, -0.05) is 0 Å². The van der Waals surface area contributed by atoms with Crippen molar-refractivity contribution in [2.24, 2.45) is 0 Å². The molecule has 1 rings (SSSR count). The van der Waals surface area contributed by atoms with Crippen LogP contribution in [0.2, 0.25) is 0 Å². The summed E-state index contributed by atoms with van der Waals surface area (Å²) < 4.78 is 23.3. The highest BCUT2D eigenvalue weighted by Gasteiger charge is 2.35. The molecule has 0 bridgehead atoms. The Hall–Kier alpha value is -0.320. The van der Waals surface area contributed by atoms with Gasteiger partial charge in [0.05, 0.1) is 19.3 Å². The fraction of sp³-hybridized carbons (Fsp3) is 0.900. The molecule has 4 nitrogen and oxygen atoms in total. The second kappa shape index (κ2) is 5.14. The van der Waals surface area contributed by atoms with Crippen LogP contribution in [0.25, 0.3) is 0 Å². The SMILES string of the molecule is [3H][C@@H](C(Cl)C(=O)OCC)[C@H]1COC(C)(C)O1. The Morgan fingerprint density at radius 2 is 2.47 bits per heavy atom. The molecule has 0 aromatic heterocycles. The molecule has 5 heteroatoms. The predicted octanol–water partition coefficient (Wildman–Crippen LogP) is 1.70. The quantitative estimate of drug-likeness (QED) is 0.552. The molecule has 0 aromatic rings. The van der Waals surface area contributed by atoms with E-state index in [1.807, 2.05) is 0 Å². The molecule has 0 N–H and O–H groups in total. The van der Waals surface area contributed by atoms with E-state index in [1.54, 1.807) is 20.8 Å². The number of esters is 1. The smallest absolute Gasteiger partial charge is 0.324 e. The molecule has 3 atom stereocenters. The van der Waals surface area contributed by atoms with Crippen molar-refractivity contribution in [3.05, 3.63) is 0 Å². The van der Waals surface area contributed by atoms with Gasteiger partial charge < -0.3 is 14.2 Å². The van der Waals surface area contributed by atoms with E-state index < -0.39 is 29.6 Å². The number of rotatable bonds is 4. The fourth-order valence-corrected chi connectivity index (χ4v) is 1.52. The first kappa shape index (κ1) is 11.2. The summed E-state index contributed by atoms with van der Waals surface area (Å²) in [5.74, 6) is -1.30. The minimum atomic E-state index is -1.03. The zero-order valence-electron chi connectivity index (χ0n) is 10.2. The molecule has 1 heterocycles. The molecule has 0 aliphatic carbocycles. The van der Waals surface area contributed by atoms with E-state index in [0.717, 1.165) is 0 Å². The summed E-state index contributed by atoms with van der Waals surface area (Å²) in [6, 6.07) is 0. The van der Waals surface area contributed by atoms with Gasteiger partial charge in [0.1, 0.15) is 5.38 Å². The predicted molar refractivity (Wildman–Crippen MR) is 55.8 cm³/mol. The molecule has 0 spiro atoms. The lowest BCUT2D eigenvalue weighted by Gasteiger charge is -2.18. The van der Waals surface area contributed by atoms with Gasteiger partial charge in [0.2, 0.25) is 0 Å². The van der Waals surface area contributed by atoms with Crippen LogP contribution in [-0.4, -0.2) is 36.5 Å². The molecule has 88 valence electrons. The Balaban J connectivity index is 2.51. The lowest BCUT2D eigenvalue weighted by molar-refractivity contribution is -0.147. The number of hydrogen-bond acceptors (Lipinski definition) is 4. The standard InChI is InChI=1S/C10H17ClO4/c1-4-13-9(12)8(11)5-7-6-14-10(2,3)15-7/h7-8H,4-6H2,1-3H3/t7-,8?/m0/s1/i5T/t5-,7+,8?/m1. The number of ether oxygens (including phenoxy) is 3. The summed E-state index contributed by atoms with van der Waals surface area (Å²) >= 11 is 5.84. The molecule has 0 radical (unpaired) electrons. The van der Waals surface area contributed by atoms with E-state index in [-0.39, 0.29) is 13.2 Å². The summed E-state index contributed by atoms with van der Waals surface area (Å²) in [7, 11) is 0. The fourth-order valence-electron chi connectivity index (χ4n) is 1.30. The third-order valence-corrected chi connectivity index (χ3v) is 2.25. The lowest BCUT2D eigenvalue weighted by atomic mass is 10.2. The molecule has 0 amide bonds. The Morgan fingerprint density at radius 3 is 2.93 bits per heavy atom. The van der Waals surface area contributed by atoms with E-state index >= 15 is 0 Å². The topological polar surface area (TPSA) is 44.8 Å². The molecular weight excluding hydrogens is 220 g/mol. The first-order valence-electron chi connectivity index (χ1n) is 5.50. The monoisotopic (exact) mass is 238 g/mol. The molecule has 1 aliphatic rings. The first-order valence-corrected chi connectivity index (χ1v) is 5.35. The molecule has 1 fully saturated rings. The van der Waals surface area contributed by atoms with Gasteiger partial charge >= 0.3 is 5.97 Å². The summed E-state index contributed by atoms with van der Waals surface area (Å²) in [4.78, 5) is 11.3. The minimum Gasteiger partial charge on any atom is -0.465 e. The van der Waals surface area contributed by atoms with Crippen LogP contribution < -0.4 is 0 Å². The van der Waals surface area contributed by atoms with Crippen LogP contribution >= 0.6 is 11.6 Å². The van der Waals surface area contributed by atoms with Gasteiger partial charge in [0.25, 0.3) is 0 Å². The van der Waals surface area contributed by atoms with Crippen LogP contribution in [0.4, 0.5) is 0 Å². The van der Waals surface area contributed by atoms with Gasteiger partial charge in [-0.3, -0.25) is 4.79 Å².